The molecule has 1 amide bonds. The first-order chi connectivity index (χ1) is 16.1. The zero-order chi connectivity index (χ0) is 24.9. The van der Waals surface area contributed by atoms with Gasteiger partial charge in [0.25, 0.3) is 5.91 Å². The Hall–Kier alpha value is -2.23. The highest BCUT2D eigenvalue weighted by Crippen LogP contribution is 2.25. The molecular formula is C25H38N4O4S. The van der Waals surface area contributed by atoms with Gasteiger partial charge in [-0.05, 0) is 42.9 Å². The van der Waals surface area contributed by atoms with Crippen molar-refractivity contribution in [1.29, 1.82) is 0 Å². The second kappa shape index (κ2) is 11.5. The first-order valence-corrected chi connectivity index (χ1v) is 13.7. The molecule has 8 nitrogen and oxygen atoms in total. The zero-order valence-electron chi connectivity index (χ0n) is 20.8. The molecule has 0 bridgehead atoms. The molecule has 0 atom stereocenters. The number of sulfonamides is 1. The highest BCUT2D eigenvalue weighted by Gasteiger charge is 2.26. The fourth-order valence-electron chi connectivity index (χ4n) is 4.55. The van der Waals surface area contributed by atoms with Gasteiger partial charge in [0.05, 0.1) is 10.5 Å². The van der Waals surface area contributed by atoms with Gasteiger partial charge in [-0.15, -0.1) is 0 Å². The lowest BCUT2D eigenvalue weighted by Gasteiger charge is -2.26. The number of carbonyl (C=O) groups is 1. The van der Waals surface area contributed by atoms with Gasteiger partial charge in [-0.1, -0.05) is 34.1 Å². The van der Waals surface area contributed by atoms with Crippen molar-refractivity contribution in [3.8, 4) is 0 Å². The summed E-state index contributed by atoms with van der Waals surface area (Å²) in [5, 5.41) is 3.35. The van der Waals surface area contributed by atoms with Crippen molar-refractivity contribution in [3.05, 3.63) is 40.2 Å². The fraction of sp³-hybridized carbons (Fsp3) is 0.600. The molecule has 1 aromatic carbocycles. The van der Waals surface area contributed by atoms with E-state index in [0.29, 0.717) is 48.9 Å². The summed E-state index contributed by atoms with van der Waals surface area (Å²) >= 11 is 0. The lowest BCUT2D eigenvalue weighted by Crippen LogP contribution is -2.38. The first kappa shape index (κ1) is 26.4. The largest absolute Gasteiger partial charge is 0.351 e. The number of amides is 1. The Balaban J connectivity index is 1.82. The van der Waals surface area contributed by atoms with Crippen LogP contribution in [0.2, 0.25) is 0 Å². The number of pyridine rings is 1. The molecule has 1 saturated heterocycles. The Morgan fingerprint density at radius 1 is 1.06 bits per heavy atom. The summed E-state index contributed by atoms with van der Waals surface area (Å²) in [6.07, 6.45) is 2.72. The second-order valence-corrected chi connectivity index (χ2v) is 12.0. The maximum absolute atomic E-state index is 13.1. The number of hydrogen-bond acceptors (Lipinski definition) is 5. The average Bonchev–Trinajstić information content (AvgIpc) is 2.77. The van der Waals surface area contributed by atoms with Crippen LogP contribution >= 0.6 is 0 Å². The monoisotopic (exact) mass is 490 g/mol. The fourth-order valence-corrected chi connectivity index (χ4v) is 6.09. The third-order valence-electron chi connectivity index (χ3n) is 5.97. The molecule has 2 N–H and O–H groups in total. The maximum Gasteiger partial charge on any atom is 0.252 e. The quantitative estimate of drug-likeness (QED) is 0.533. The van der Waals surface area contributed by atoms with Crippen molar-refractivity contribution in [2.24, 2.45) is 11.8 Å². The predicted octanol–water partition coefficient (Wildman–Crippen LogP) is 3.05. The average molecular weight is 491 g/mol. The van der Waals surface area contributed by atoms with Crippen LogP contribution in [0.25, 0.3) is 10.9 Å². The Labute approximate surface area is 202 Å². The minimum absolute atomic E-state index is 0.142. The number of piperidine rings is 1. The molecule has 0 aliphatic carbocycles. The Morgan fingerprint density at radius 3 is 2.32 bits per heavy atom. The predicted molar refractivity (Wildman–Crippen MR) is 136 cm³/mol. The van der Waals surface area contributed by atoms with E-state index in [1.165, 1.54) is 22.5 Å². The smallest absolute Gasteiger partial charge is 0.252 e. The Bertz CT molecular complexity index is 1140. The normalized spacial score (nSPS) is 15.5. The van der Waals surface area contributed by atoms with E-state index >= 15 is 0 Å². The maximum atomic E-state index is 13.1. The van der Waals surface area contributed by atoms with Crippen LogP contribution in [0.4, 0.5) is 0 Å². The third-order valence-corrected chi connectivity index (χ3v) is 7.87. The van der Waals surface area contributed by atoms with Crippen LogP contribution in [0.3, 0.4) is 0 Å². The molecule has 188 valence electrons. The van der Waals surface area contributed by atoms with Crippen molar-refractivity contribution in [2.75, 3.05) is 39.3 Å². The first-order valence-electron chi connectivity index (χ1n) is 12.3. The summed E-state index contributed by atoms with van der Waals surface area (Å²) in [4.78, 5) is 30.4. The Kier molecular flexibility index (Phi) is 8.89. The number of aromatic nitrogens is 1. The summed E-state index contributed by atoms with van der Waals surface area (Å²) in [5.41, 5.74) is 0.232. The molecule has 2 aromatic rings. The molecule has 1 aliphatic heterocycles. The number of nitrogens with one attached hydrogen (secondary N) is 2. The van der Waals surface area contributed by atoms with E-state index in [2.05, 4.69) is 42.9 Å². The van der Waals surface area contributed by atoms with Gasteiger partial charge >= 0.3 is 0 Å². The van der Waals surface area contributed by atoms with E-state index in [9.17, 15) is 18.0 Å². The summed E-state index contributed by atoms with van der Waals surface area (Å²) in [7, 11) is -3.65. The zero-order valence-corrected chi connectivity index (χ0v) is 21.6. The minimum Gasteiger partial charge on any atom is -0.351 e. The van der Waals surface area contributed by atoms with Crippen molar-refractivity contribution in [1.82, 2.24) is 19.5 Å². The lowest BCUT2D eigenvalue weighted by atomic mass is 10.1. The van der Waals surface area contributed by atoms with Crippen molar-refractivity contribution in [2.45, 2.75) is 51.9 Å². The van der Waals surface area contributed by atoms with Crippen LogP contribution in [-0.4, -0.2) is 67.8 Å². The van der Waals surface area contributed by atoms with Crippen LogP contribution in [0.15, 0.2) is 34.0 Å². The van der Waals surface area contributed by atoms with Crippen molar-refractivity contribution < 1.29 is 13.2 Å². The molecule has 0 unspecified atom stereocenters. The van der Waals surface area contributed by atoms with Crippen LogP contribution in [-0.2, 0) is 10.0 Å². The number of nitrogens with zero attached hydrogens (tertiary/aromatic N) is 2. The number of carbonyl (C=O) groups excluding carboxylic acids is 1. The molecule has 1 fully saturated rings. The van der Waals surface area contributed by atoms with Crippen LogP contribution < -0.4 is 10.9 Å². The molecule has 1 aromatic heterocycles. The topological polar surface area (TPSA) is 103 Å². The highest BCUT2D eigenvalue weighted by atomic mass is 32.2. The van der Waals surface area contributed by atoms with Gasteiger partial charge in [0.2, 0.25) is 15.6 Å². The van der Waals surface area contributed by atoms with E-state index in [-0.39, 0.29) is 16.4 Å². The number of aromatic amines is 1. The van der Waals surface area contributed by atoms with Gasteiger partial charge in [-0.3, -0.25) is 9.59 Å². The minimum atomic E-state index is -3.65. The summed E-state index contributed by atoms with van der Waals surface area (Å²) in [6, 6.07) is 5.82. The van der Waals surface area contributed by atoms with Crippen LogP contribution in [0.1, 0.15) is 57.3 Å². The number of hydrogen-bond donors (Lipinski definition) is 2. The lowest BCUT2D eigenvalue weighted by molar-refractivity contribution is 0.0948. The second-order valence-electron chi connectivity index (χ2n) is 10.0. The standard InChI is InChI=1S/C25H38N4O4S/c1-18(2)16-28(17-19(3)4)13-10-26-25(31)22-15-24(30)27-23-9-8-20(14-21(22)23)34(32,33)29-11-6-5-7-12-29/h8-9,14-15,18-19H,5-7,10-13,16-17H2,1-4H3,(H,26,31)(H,27,30). The molecule has 3 rings (SSSR count). The van der Waals surface area contributed by atoms with Gasteiger partial charge in [0, 0.05) is 56.2 Å². The highest BCUT2D eigenvalue weighted by molar-refractivity contribution is 7.89. The van der Waals surface area contributed by atoms with Gasteiger partial charge < -0.3 is 15.2 Å². The van der Waals surface area contributed by atoms with Gasteiger partial charge in [0.1, 0.15) is 0 Å². The van der Waals surface area contributed by atoms with E-state index in [0.717, 1.165) is 32.4 Å². The number of rotatable bonds is 10. The van der Waals surface area contributed by atoms with Crippen molar-refractivity contribution >= 4 is 26.8 Å². The third kappa shape index (κ3) is 6.67. The summed E-state index contributed by atoms with van der Waals surface area (Å²) < 4.78 is 27.8. The number of fused-ring (bicyclic) bond motifs is 1. The van der Waals surface area contributed by atoms with Gasteiger partial charge in [-0.2, -0.15) is 4.31 Å². The Morgan fingerprint density at radius 2 is 1.71 bits per heavy atom. The van der Waals surface area contributed by atoms with E-state index in [1.807, 2.05) is 0 Å². The molecule has 0 spiro atoms. The van der Waals surface area contributed by atoms with Crippen LogP contribution in [0.5, 0.6) is 0 Å². The number of benzene rings is 1. The molecule has 9 heteroatoms. The molecule has 1 aliphatic rings. The molecule has 0 radical (unpaired) electrons. The summed E-state index contributed by atoms with van der Waals surface area (Å²) in [5.74, 6) is 0.662. The number of H-pyrrole nitrogens is 1. The van der Waals surface area contributed by atoms with E-state index in [1.54, 1.807) is 6.07 Å². The van der Waals surface area contributed by atoms with Gasteiger partial charge in [0.15, 0.2) is 0 Å². The van der Waals surface area contributed by atoms with Crippen LogP contribution in [0, 0.1) is 11.8 Å². The van der Waals surface area contributed by atoms with Gasteiger partial charge in [-0.25, -0.2) is 8.42 Å². The molecule has 0 saturated carbocycles. The molecular weight excluding hydrogens is 452 g/mol. The SMILES string of the molecule is CC(C)CN(CCNC(=O)c1cc(=O)[nH]c2ccc(S(=O)(=O)N3CCCCC3)cc12)CC(C)C. The van der Waals surface area contributed by atoms with E-state index < -0.39 is 15.6 Å². The van der Waals surface area contributed by atoms with Crippen molar-refractivity contribution in [3.63, 3.8) is 0 Å². The summed E-state index contributed by atoms with van der Waals surface area (Å²) in [6.45, 7) is 12.7. The van der Waals surface area contributed by atoms with E-state index in [4.69, 9.17) is 0 Å². The molecule has 2 heterocycles. The molecule has 34 heavy (non-hydrogen) atoms.